The molecule has 27 heavy (non-hydrogen) atoms. The Morgan fingerprint density at radius 3 is 2.78 bits per heavy atom. The minimum Gasteiger partial charge on any atom is -0.294 e. The predicted molar refractivity (Wildman–Crippen MR) is 101 cm³/mol. The Morgan fingerprint density at radius 2 is 2.07 bits per heavy atom. The van der Waals surface area contributed by atoms with E-state index in [1.807, 2.05) is 18.2 Å². The molecule has 3 aromatic rings. The molecule has 4 rings (SSSR count). The van der Waals surface area contributed by atoms with Crippen molar-refractivity contribution in [3.8, 4) is 0 Å². The lowest BCUT2D eigenvalue weighted by molar-refractivity contribution is 0.0988. The van der Waals surface area contributed by atoms with Gasteiger partial charge in [0.2, 0.25) is 0 Å². The van der Waals surface area contributed by atoms with Crippen LogP contribution in [0.5, 0.6) is 0 Å². The Hall–Kier alpha value is -2.73. The number of rotatable bonds is 4. The third kappa shape index (κ3) is 3.00. The molecule has 1 aromatic carbocycles. The molecule has 0 aliphatic carbocycles. The summed E-state index contributed by atoms with van der Waals surface area (Å²) >= 11 is 6.47. The number of fused-ring (bicyclic) bond motifs is 1. The molecule has 0 spiro atoms. The molecule has 3 heterocycles. The van der Waals surface area contributed by atoms with Crippen molar-refractivity contribution in [2.45, 2.75) is 26.3 Å². The normalized spacial score (nSPS) is 16.3. The van der Waals surface area contributed by atoms with Crippen LogP contribution in [-0.2, 0) is 6.42 Å². The van der Waals surface area contributed by atoms with Gasteiger partial charge in [-0.05, 0) is 24.0 Å². The van der Waals surface area contributed by atoms with Gasteiger partial charge in [-0.15, -0.1) is 0 Å². The van der Waals surface area contributed by atoms with Gasteiger partial charge in [-0.3, -0.25) is 19.8 Å². The van der Waals surface area contributed by atoms with Gasteiger partial charge >= 0.3 is 0 Å². The van der Waals surface area contributed by atoms with Crippen LogP contribution in [0.2, 0.25) is 5.02 Å². The van der Waals surface area contributed by atoms with E-state index in [1.54, 1.807) is 6.07 Å². The molecule has 0 saturated heterocycles. The summed E-state index contributed by atoms with van der Waals surface area (Å²) < 4.78 is 13.8. The first-order valence-corrected chi connectivity index (χ1v) is 9.10. The average molecular weight is 385 g/mol. The molecule has 0 fully saturated rings. The molecule has 1 N–H and O–H groups in total. The molecule has 1 aliphatic rings. The van der Waals surface area contributed by atoms with E-state index in [1.165, 1.54) is 17.2 Å². The van der Waals surface area contributed by atoms with E-state index in [2.05, 4.69) is 29.0 Å². The van der Waals surface area contributed by atoms with Crippen LogP contribution in [-0.4, -0.2) is 21.1 Å². The molecule has 1 amide bonds. The quantitative estimate of drug-likeness (QED) is 0.718. The van der Waals surface area contributed by atoms with Crippen molar-refractivity contribution in [3.05, 3.63) is 76.1 Å². The van der Waals surface area contributed by atoms with Gasteiger partial charge in [-0.25, -0.2) is 4.39 Å². The van der Waals surface area contributed by atoms with Crippen molar-refractivity contribution in [1.82, 2.24) is 15.2 Å². The molecule has 0 saturated carbocycles. The van der Waals surface area contributed by atoms with Crippen molar-refractivity contribution < 1.29 is 9.18 Å². The molecule has 7 heteroatoms. The van der Waals surface area contributed by atoms with Gasteiger partial charge in [0.15, 0.2) is 0 Å². The summed E-state index contributed by atoms with van der Waals surface area (Å²) in [6, 6.07) is 8.17. The monoisotopic (exact) mass is 384 g/mol. The van der Waals surface area contributed by atoms with Crippen LogP contribution < -0.4 is 4.90 Å². The third-order valence-electron chi connectivity index (χ3n) is 4.62. The maximum Gasteiger partial charge on any atom is 0.277 e. The highest BCUT2D eigenvalue weighted by molar-refractivity contribution is 6.31. The maximum absolute atomic E-state index is 13.8. The van der Waals surface area contributed by atoms with Crippen LogP contribution in [0.4, 0.5) is 10.1 Å². The van der Waals surface area contributed by atoms with Crippen molar-refractivity contribution in [1.29, 1.82) is 0 Å². The van der Waals surface area contributed by atoms with Gasteiger partial charge in [-0.1, -0.05) is 43.6 Å². The standard InChI is InChI=1S/C20H18ClFN4O/c1-11(2)7-16-17-18(25-24-16)20(27)26(13-8-12(22)9-23-10-13)19(17)14-5-3-4-6-15(14)21/h3-6,8-11,19H,7H2,1-2H3,(H,24,25). The van der Waals surface area contributed by atoms with Crippen LogP contribution in [0.1, 0.15) is 47.2 Å². The molecule has 1 atom stereocenters. The summed E-state index contributed by atoms with van der Waals surface area (Å²) in [5.41, 5.74) is 3.18. The number of amides is 1. The summed E-state index contributed by atoms with van der Waals surface area (Å²) in [5.74, 6) is -0.414. The molecule has 1 aliphatic heterocycles. The predicted octanol–water partition coefficient (Wildman–Crippen LogP) is 4.55. The first-order chi connectivity index (χ1) is 13.0. The number of hydrogen-bond donors (Lipinski definition) is 1. The fourth-order valence-electron chi connectivity index (χ4n) is 3.54. The topological polar surface area (TPSA) is 61.9 Å². The van der Waals surface area contributed by atoms with Gasteiger partial charge in [-0.2, -0.15) is 5.10 Å². The van der Waals surface area contributed by atoms with Crippen molar-refractivity contribution >= 4 is 23.2 Å². The summed E-state index contributed by atoms with van der Waals surface area (Å²) in [7, 11) is 0. The minimum atomic E-state index is -0.505. The molecule has 0 radical (unpaired) electrons. The summed E-state index contributed by atoms with van der Waals surface area (Å²) in [6.45, 7) is 4.19. The molecule has 138 valence electrons. The number of carbonyl (C=O) groups is 1. The zero-order valence-corrected chi connectivity index (χ0v) is 15.7. The Labute approximate surface area is 161 Å². The van der Waals surface area contributed by atoms with Crippen LogP contribution >= 0.6 is 11.6 Å². The van der Waals surface area contributed by atoms with E-state index in [-0.39, 0.29) is 5.91 Å². The number of halogens is 2. The average Bonchev–Trinajstić information content (AvgIpc) is 3.14. The summed E-state index contributed by atoms with van der Waals surface area (Å²) in [4.78, 5) is 18.6. The number of nitrogens with one attached hydrogen (secondary N) is 1. The second-order valence-corrected chi connectivity index (χ2v) is 7.42. The second kappa shape index (κ2) is 6.78. The van der Waals surface area contributed by atoms with Gasteiger partial charge in [0.25, 0.3) is 5.91 Å². The van der Waals surface area contributed by atoms with E-state index in [0.29, 0.717) is 22.3 Å². The molecular weight excluding hydrogens is 367 g/mol. The lowest BCUT2D eigenvalue weighted by Crippen LogP contribution is -2.30. The molecule has 5 nitrogen and oxygen atoms in total. The molecular formula is C20H18ClFN4O. The Balaban J connectivity index is 1.93. The smallest absolute Gasteiger partial charge is 0.277 e. The number of pyridine rings is 1. The van der Waals surface area contributed by atoms with Crippen LogP contribution in [0, 0.1) is 11.7 Å². The van der Waals surface area contributed by atoms with Crippen LogP contribution in [0.3, 0.4) is 0 Å². The summed E-state index contributed by atoms with van der Waals surface area (Å²) in [6.07, 6.45) is 3.31. The molecule has 2 aromatic heterocycles. The number of benzene rings is 1. The zero-order chi connectivity index (χ0) is 19.1. The van der Waals surface area contributed by atoms with Gasteiger partial charge < -0.3 is 0 Å². The van der Waals surface area contributed by atoms with E-state index < -0.39 is 11.9 Å². The number of hydrogen-bond acceptors (Lipinski definition) is 3. The second-order valence-electron chi connectivity index (χ2n) is 7.02. The highest BCUT2D eigenvalue weighted by Gasteiger charge is 2.43. The fraction of sp³-hybridized carbons (Fsp3) is 0.250. The number of H-pyrrole nitrogens is 1. The molecule has 0 bridgehead atoms. The summed E-state index contributed by atoms with van der Waals surface area (Å²) in [5, 5.41) is 7.79. The Kier molecular flexibility index (Phi) is 4.44. The number of nitrogens with zero attached hydrogens (tertiary/aromatic N) is 3. The maximum atomic E-state index is 13.8. The molecule has 1 unspecified atom stereocenters. The Morgan fingerprint density at radius 1 is 1.30 bits per heavy atom. The lowest BCUT2D eigenvalue weighted by atomic mass is 9.95. The highest BCUT2D eigenvalue weighted by atomic mass is 35.5. The van der Waals surface area contributed by atoms with Gasteiger partial charge in [0.1, 0.15) is 11.5 Å². The number of aromatic amines is 1. The number of aromatic nitrogens is 3. The van der Waals surface area contributed by atoms with Crippen LogP contribution in [0.15, 0.2) is 42.7 Å². The van der Waals surface area contributed by atoms with Crippen molar-refractivity contribution in [2.24, 2.45) is 5.92 Å². The van der Waals surface area contributed by atoms with Gasteiger partial charge in [0.05, 0.1) is 29.8 Å². The lowest BCUT2D eigenvalue weighted by Gasteiger charge is -2.27. The van der Waals surface area contributed by atoms with E-state index in [9.17, 15) is 9.18 Å². The first-order valence-electron chi connectivity index (χ1n) is 8.73. The third-order valence-corrected chi connectivity index (χ3v) is 4.96. The first kappa shape index (κ1) is 17.7. The van der Waals surface area contributed by atoms with E-state index in [0.717, 1.165) is 29.4 Å². The van der Waals surface area contributed by atoms with E-state index in [4.69, 9.17) is 11.6 Å². The number of anilines is 1. The fourth-order valence-corrected chi connectivity index (χ4v) is 3.78. The van der Waals surface area contributed by atoms with E-state index >= 15 is 0 Å². The van der Waals surface area contributed by atoms with Crippen molar-refractivity contribution in [3.63, 3.8) is 0 Å². The zero-order valence-electron chi connectivity index (χ0n) is 14.9. The van der Waals surface area contributed by atoms with Crippen molar-refractivity contribution in [2.75, 3.05) is 4.90 Å². The SMILES string of the molecule is CC(C)Cc1n[nH]c2c1C(c1ccccc1Cl)N(c1cncc(F)c1)C2=O. The number of carbonyl (C=O) groups excluding carboxylic acids is 1. The highest BCUT2D eigenvalue weighted by Crippen LogP contribution is 2.44. The Bertz CT molecular complexity index is 1020. The minimum absolute atomic E-state index is 0.273. The van der Waals surface area contributed by atoms with Crippen LogP contribution in [0.25, 0.3) is 0 Å². The van der Waals surface area contributed by atoms with Gasteiger partial charge in [0, 0.05) is 16.7 Å². The largest absolute Gasteiger partial charge is 0.294 e.